The SMILES string of the molecule is Cc1nc(Nc2ccc(NS(=O)(=O)c3cccc4cccnc34)cc2)cc(N2CCCC2)n1. The Morgan fingerprint density at radius 2 is 1.64 bits per heavy atom. The van der Waals surface area contributed by atoms with Gasteiger partial charge in [-0.05, 0) is 56.2 Å². The van der Waals surface area contributed by atoms with E-state index < -0.39 is 10.0 Å². The molecule has 1 saturated heterocycles. The van der Waals surface area contributed by atoms with Crippen LogP contribution in [-0.2, 0) is 10.0 Å². The van der Waals surface area contributed by atoms with Gasteiger partial charge in [0.1, 0.15) is 22.4 Å². The lowest BCUT2D eigenvalue weighted by atomic mass is 10.2. The van der Waals surface area contributed by atoms with Gasteiger partial charge in [-0.2, -0.15) is 0 Å². The second-order valence-corrected chi connectivity index (χ2v) is 9.64. The molecule has 168 valence electrons. The number of para-hydroxylation sites is 1. The van der Waals surface area contributed by atoms with Gasteiger partial charge in [-0.15, -0.1) is 0 Å². The first-order valence-electron chi connectivity index (χ1n) is 10.8. The number of pyridine rings is 1. The Hall–Kier alpha value is -3.72. The molecule has 1 aliphatic heterocycles. The Bertz CT molecular complexity index is 1400. The van der Waals surface area contributed by atoms with Gasteiger partial charge in [0.2, 0.25) is 0 Å². The zero-order valence-corrected chi connectivity index (χ0v) is 19.0. The number of nitrogens with one attached hydrogen (secondary N) is 2. The molecule has 3 heterocycles. The van der Waals surface area contributed by atoms with Crippen molar-refractivity contribution in [2.24, 2.45) is 0 Å². The summed E-state index contributed by atoms with van der Waals surface area (Å²) >= 11 is 0. The number of nitrogens with zero attached hydrogens (tertiary/aromatic N) is 4. The standard InChI is InChI=1S/C24H24N6O2S/c1-17-26-22(16-23(27-17)30-14-2-3-15-30)28-19-9-11-20(12-10-19)29-33(31,32)21-8-4-6-18-7-5-13-25-24(18)21/h4-13,16,29H,2-3,14-15H2,1H3,(H,26,27,28). The van der Waals surface area contributed by atoms with Gasteiger partial charge in [-0.3, -0.25) is 9.71 Å². The van der Waals surface area contributed by atoms with Crippen molar-refractivity contribution in [1.82, 2.24) is 15.0 Å². The van der Waals surface area contributed by atoms with Crippen molar-refractivity contribution in [1.29, 1.82) is 0 Å². The highest BCUT2D eigenvalue weighted by Crippen LogP contribution is 2.26. The summed E-state index contributed by atoms with van der Waals surface area (Å²) in [4.78, 5) is 15.7. The van der Waals surface area contributed by atoms with Gasteiger partial charge in [-0.25, -0.2) is 18.4 Å². The molecular weight excluding hydrogens is 436 g/mol. The summed E-state index contributed by atoms with van der Waals surface area (Å²) in [6.07, 6.45) is 3.95. The van der Waals surface area contributed by atoms with Crippen LogP contribution in [0.25, 0.3) is 10.9 Å². The molecule has 0 spiro atoms. The topological polar surface area (TPSA) is 100 Å². The minimum Gasteiger partial charge on any atom is -0.356 e. The van der Waals surface area contributed by atoms with E-state index in [1.807, 2.05) is 37.3 Å². The predicted molar refractivity (Wildman–Crippen MR) is 130 cm³/mol. The van der Waals surface area contributed by atoms with Crippen LogP contribution in [0, 0.1) is 6.92 Å². The molecule has 5 rings (SSSR count). The minimum atomic E-state index is -3.79. The molecule has 0 radical (unpaired) electrons. The highest BCUT2D eigenvalue weighted by atomic mass is 32.2. The fourth-order valence-corrected chi connectivity index (χ4v) is 5.24. The third-order valence-electron chi connectivity index (χ3n) is 5.55. The molecule has 0 saturated carbocycles. The maximum atomic E-state index is 13.0. The van der Waals surface area contributed by atoms with E-state index in [0.717, 1.165) is 30.0 Å². The molecule has 0 unspecified atom stereocenters. The van der Waals surface area contributed by atoms with Gasteiger partial charge in [-0.1, -0.05) is 18.2 Å². The average molecular weight is 461 g/mol. The van der Waals surface area contributed by atoms with Gasteiger partial charge in [0.25, 0.3) is 10.0 Å². The van der Waals surface area contributed by atoms with Crippen LogP contribution in [0.15, 0.2) is 71.8 Å². The Labute approximate surface area is 192 Å². The van der Waals surface area contributed by atoms with E-state index in [1.54, 1.807) is 36.5 Å². The summed E-state index contributed by atoms with van der Waals surface area (Å²) in [5, 5.41) is 4.06. The first kappa shape index (κ1) is 21.1. The highest BCUT2D eigenvalue weighted by Gasteiger charge is 2.18. The fraction of sp³-hybridized carbons (Fsp3) is 0.208. The van der Waals surface area contributed by atoms with Crippen molar-refractivity contribution in [3.8, 4) is 0 Å². The van der Waals surface area contributed by atoms with E-state index >= 15 is 0 Å². The largest absolute Gasteiger partial charge is 0.356 e. The number of sulfonamides is 1. The molecule has 0 atom stereocenters. The van der Waals surface area contributed by atoms with Crippen LogP contribution < -0.4 is 14.9 Å². The lowest BCUT2D eigenvalue weighted by Gasteiger charge is -2.18. The molecule has 1 aliphatic rings. The monoisotopic (exact) mass is 460 g/mol. The number of fused-ring (bicyclic) bond motifs is 1. The van der Waals surface area contributed by atoms with Crippen LogP contribution in [-0.4, -0.2) is 36.5 Å². The van der Waals surface area contributed by atoms with E-state index in [4.69, 9.17) is 0 Å². The third-order valence-corrected chi connectivity index (χ3v) is 6.96. The number of aryl methyl sites for hydroxylation is 1. The Morgan fingerprint density at radius 3 is 2.42 bits per heavy atom. The van der Waals surface area contributed by atoms with Crippen molar-refractivity contribution >= 4 is 43.9 Å². The molecule has 0 aliphatic carbocycles. The number of hydrogen-bond donors (Lipinski definition) is 2. The summed E-state index contributed by atoms with van der Waals surface area (Å²) in [6.45, 7) is 3.90. The van der Waals surface area contributed by atoms with E-state index in [0.29, 0.717) is 22.8 Å². The van der Waals surface area contributed by atoms with Crippen LogP contribution in [0.3, 0.4) is 0 Å². The van der Waals surface area contributed by atoms with Crippen molar-refractivity contribution < 1.29 is 8.42 Å². The third kappa shape index (κ3) is 4.58. The number of aromatic nitrogens is 3. The summed E-state index contributed by atoms with van der Waals surface area (Å²) < 4.78 is 28.7. The van der Waals surface area contributed by atoms with Crippen molar-refractivity contribution in [3.05, 3.63) is 72.7 Å². The lowest BCUT2D eigenvalue weighted by Crippen LogP contribution is -2.19. The molecule has 8 nitrogen and oxygen atoms in total. The molecule has 1 fully saturated rings. The van der Waals surface area contributed by atoms with Crippen LogP contribution in [0.4, 0.5) is 23.0 Å². The normalized spacial score (nSPS) is 13.9. The van der Waals surface area contributed by atoms with Crippen molar-refractivity contribution in [2.45, 2.75) is 24.7 Å². The molecule has 2 aromatic heterocycles. The first-order valence-corrected chi connectivity index (χ1v) is 12.3. The molecular formula is C24H24N6O2S. The van der Waals surface area contributed by atoms with Gasteiger partial charge in [0.15, 0.2) is 0 Å². The fourth-order valence-electron chi connectivity index (χ4n) is 4.00. The van der Waals surface area contributed by atoms with Gasteiger partial charge in [0.05, 0.1) is 5.52 Å². The van der Waals surface area contributed by atoms with Gasteiger partial charge in [0, 0.05) is 42.1 Å². The first-order chi connectivity index (χ1) is 16.0. The van der Waals surface area contributed by atoms with Crippen molar-refractivity contribution in [3.63, 3.8) is 0 Å². The highest BCUT2D eigenvalue weighted by molar-refractivity contribution is 7.93. The molecule has 4 aromatic rings. The van der Waals surface area contributed by atoms with E-state index in [-0.39, 0.29) is 4.90 Å². The molecule has 2 N–H and O–H groups in total. The molecule has 2 aromatic carbocycles. The summed E-state index contributed by atoms with van der Waals surface area (Å²) in [5.74, 6) is 2.34. The summed E-state index contributed by atoms with van der Waals surface area (Å²) in [6, 6.07) is 17.7. The minimum absolute atomic E-state index is 0.147. The van der Waals surface area contributed by atoms with Gasteiger partial charge < -0.3 is 10.2 Å². The second-order valence-electron chi connectivity index (χ2n) is 7.99. The number of hydrogen-bond acceptors (Lipinski definition) is 7. The van der Waals surface area contributed by atoms with E-state index in [9.17, 15) is 8.42 Å². The zero-order chi connectivity index (χ0) is 22.8. The van der Waals surface area contributed by atoms with E-state index in [2.05, 4.69) is 29.9 Å². The molecule has 0 amide bonds. The van der Waals surface area contributed by atoms with E-state index in [1.165, 1.54) is 12.8 Å². The average Bonchev–Trinajstić information content (AvgIpc) is 3.35. The molecule has 9 heteroatoms. The Kier molecular flexibility index (Phi) is 5.55. The second kappa shape index (κ2) is 8.67. The van der Waals surface area contributed by atoms with Crippen molar-refractivity contribution in [2.75, 3.05) is 28.0 Å². The summed E-state index contributed by atoms with van der Waals surface area (Å²) in [5.41, 5.74) is 1.71. The van der Waals surface area contributed by atoms with Crippen LogP contribution in [0.5, 0.6) is 0 Å². The predicted octanol–water partition coefficient (Wildman–Crippen LogP) is 4.48. The quantitative estimate of drug-likeness (QED) is 0.438. The Morgan fingerprint density at radius 1 is 0.909 bits per heavy atom. The van der Waals surface area contributed by atoms with Crippen LogP contribution in [0.2, 0.25) is 0 Å². The maximum Gasteiger partial charge on any atom is 0.264 e. The number of anilines is 4. The number of rotatable bonds is 6. The zero-order valence-electron chi connectivity index (χ0n) is 18.2. The number of benzene rings is 2. The maximum absolute atomic E-state index is 13.0. The Balaban J connectivity index is 1.34. The van der Waals surface area contributed by atoms with Crippen LogP contribution in [0.1, 0.15) is 18.7 Å². The molecule has 0 bridgehead atoms. The smallest absolute Gasteiger partial charge is 0.264 e. The summed E-state index contributed by atoms with van der Waals surface area (Å²) in [7, 11) is -3.79. The van der Waals surface area contributed by atoms with Crippen LogP contribution >= 0.6 is 0 Å². The van der Waals surface area contributed by atoms with Gasteiger partial charge >= 0.3 is 0 Å². The molecule has 33 heavy (non-hydrogen) atoms. The lowest BCUT2D eigenvalue weighted by molar-refractivity contribution is 0.602.